The van der Waals surface area contributed by atoms with Crippen LogP contribution in [-0.2, 0) is 0 Å². The van der Waals surface area contributed by atoms with Crippen molar-refractivity contribution in [1.29, 1.82) is 0 Å². The maximum atomic E-state index is 10.9. The molecule has 0 saturated carbocycles. The first-order valence-electron chi connectivity index (χ1n) is 5.74. The second-order valence-electron chi connectivity index (χ2n) is 4.77. The SMILES string of the molecule is Cc1ccc(N2CC(C)C(N)C2)cc1[N+](=O)[O-]. The molecule has 2 atom stereocenters. The maximum absolute atomic E-state index is 10.9. The minimum atomic E-state index is -0.335. The van der Waals surface area contributed by atoms with Gasteiger partial charge in [0, 0.05) is 36.4 Å². The Morgan fingerprint density at radius 3 is 2.71 bits per heavy atom. The Labute approximate surface area is 100 Å². The first-order valence-corrected chi connectivity index (χ1v) is 5.74. The van der Waals surface area contributed by atoms with Gasteiger partial charge in [0.1, 0.15) is 0 Å². The molecular weight excluding hydrogens is 218 g/mol. The maximum Gasteiger partial charge on any atom is 0.274 e. The van der Waals surface area contributed by atoms with Crippen molar-refractivity contribution < 1.29 is 4.92 Å². The molecule has 0 spiro atoms. The highest BCUT2D eigenvalue weighted by molar-refractivity contribution is 5.57. The predicted octanol–water partition coefficient (Wildman–Crippen LogP) is 1.69. The summed E-state index contributed by atoms with van der Waals surface area (Å²) in [4.78, 5) is 12.7. The van der Waals surface area contributed by atoms with Crippen LogP contribution in [0.5, 0.6) is 0 Å². The zero-order chi connectivity index (χ0) is 12.6. The minimum Gasteiger partial charge on any atom is -0.369 e. The van der Waals surface area contributed by atoms with Crippen LogP contribution in [0.3, 0.4) is 0 Å². The number of nitro groups is 1. The number of hydrogen-bond acceptors (Lipinski definition) is 4. The Balaban J connectivity index is 2.28. The fourth-order valence-electron chi connectivity index (χ4n) is 2.19. The lowest BCUT2D eigenvalue weighted by Gasteiger charge is -2.18. The highest BCUT2D eigenvalue weighted by atomic mass is 16.6. The first kappa shape index (κ1) is 11.9. The van der Waals surface area contributed by atoms with Crippen LogP contribution in [0.4, 0.5) is 11.4 Å². The van der Waals surface area contributed by atoms with Crippen LogP contribution < -0.4 is 10.6 Å². The lowest BCUT2D eigenvalue weighted by Crippen LogP contribution is -2.28. The van der Waals surface area contributed by atoms with Crippen molar-refractivity contribution in [2.75, 3.05) is 18.0 Å². The number of hydrogen-bond donors (Lipinski definition) is 1. The van der Waals surface area contributed by atoms with Crippen molar-refractivity contribution in [3.63, 3.8) is 0 Å². The van der Waals surface area contributed by atoms with Crippen LogP contribution in [0.15, 0.2) is 18.2 Å². The highest BCUT2D eigenvalue weighted by Gasteiger charge is 2.27. The number of nitrogens with two attached hydrogens (primary N) is 1. The van der Waals surface area contributed by atoms with E-state index < -0.39 is 0 Å². The van der Waals surface area contributed by atoms with E-state index in [4.69, 9.17) is 5.73 Å². The zero-order valence-corrected chi connectivity index (χ0v) is 10.1. The molecule has 1 saturated heterocycles. The van der Waals surface area contributed by atoms with Crippen LogP contribution in [0.1, 0.15) is 12.5 Å². The van der Waals surface area contributed by atoms with Gasteiger partial charge in [-0.25, -0.2) is 0 Å². The molecular formula is C12H17N3O2. The molecule has 0 bridgehead atoms. The molecule has 5 heteroatoms. The Morgan fingerprint density at radius 1 is 1.47 bits per heavy atom. The van der Waals surface area contributed by atoms with E-state index in [1.807, 2.05) is 6.07 Å². The number of anilines is 1. The van der Waals surface area contributed by atoms with Gasteiger partial charge in [-0.15, -0.1) is 0 Å². The molecule has 17 heavy (non-hydrogen) atoms. The van der Waals surface area contributed by atoms with E-state index in [2.05, 4.69) is 11.8 Å². The van der Waals surface area contributed by atoms with Gasteiger partial charge >= 0.3 is 0 Å². The van der Waals surface area contributed by atoms with Crippen LogP contribution in [-0.4, -0.2) is 24.1 Å². The van der Waals surface area contributed by atoms with E-state index in [1.165, 1.54) is 0 Å². The summed E-state index contributed by atoms with van der Waals surface area (Å²) in [6.45, 7) is 5.48. The second-order valence-corrected chi connectivity index (χ2v) is 4.77. The fraction of sp³-hybridized carbons (Fsp3) is 0.500. The zero-order valence-electron chi connectivity index (χ0n) is 10.1. The number of benzene rings is 1. The lowest BCUT2D eigenvalue weighted by molar-refractivity contribution is -0.385. The number of rotatable bonds is 2. The van der Waals surface area contributed by atoms with Gasteiger partial charge in [0.05, 0.1) is 4.92 Å². The molecule has 0 aromatic heterocycles. The molecule has 0 aliphatic carbocycles. The first-order chi connectivity index (χ1) is 7.99. The average Bonchev–Trinajstić information content (AvgIpc) is 2.59. The van der Waals surface area contributed by atoms with Crippen LogP contribution in [0, 0.1) is 23.0 Å². The third-order valence-electron chi connectivity index (χ3n) is 3.43. The van der Waals surface area contributed by atoms with E-state index in [-0.39, 0.29) is 16.7 Å². The standard InChI is InChI=1S/C12H17N3O2/c1-8-3-4-10(5-12(8)15(16)17)14-6-9(2)11(13)7-14/h3-5,9,11H,6-7,13H2,1-2H3. The Morgan fingerprint density at radius 2 is 2.18 bits per heavy atom. The molecule has 1 aliphatic rings. The van der Waals surface area contributed by atoms with Crippen molar-refractivity contribution in [3.8, 4) is 0 Å². The Hall–Kier alpha value is -1.62. The fourth-order valence-corrected chi connectivity index (χ4v) is 2.19. The molecule has 92 valence electrons. The molecule has 1 aromatic rings. The predicted molar refractivity (Wildman–Crippen MR) is 67.2 cm³/mol. The lowest BCUT2D eigenvalue weighted by atomic mass is 10.1. The molecule has 0 amide bonds. The summed E-state index contributed by atoms with van der Waals surface area (Å²) in [6.07, 6.45) is 0. The summed E-state index contributed by atoms with van der Waals surface area (Å²) >= 11 is 0. The molecule has 0 radical (unpaired) electrons. The second kappa shape index (κ2) is 4.33. The summed E-state index contributed by atoms with van der Waals surface area (Å²) in [5, 5.41) is 10.9. The van der Waals surface area contributed by atoms with Crippen molar-refractivity contribution in [3.05, 3.63) is 33.9 Å². The van der Waals surface area contributed by atoms with Gasteiger partial charge in [-0.05, 0) is 18.9 Å². The summed E-state index contributed by atoms with van der Waals surface area (Å²) in [5.41, 5.74) is 7.72. The normalized spacial score (nSPS) is 24.1. The van der Waals surface area contributed by atoms with E-state index in [0.717, 1.165) is 18.8 Å². The van der Waals surface area contributed by atoms with Gasteiger partial charge in [0.25, 0.3) is 5.69 Å². The van der Waals surface area contributed by atoms with Crippen molar-refractivity contribution in [2.24, 2.45) is 11.7 Å². The number of aryl methyl sites for hydroxylation is 1. The third-order valence-corrected chi connectivity index (χ3v) is 3.43. The van der Waals surface area contributed by atoms with Gasteiger partial charge in [0.15, 0.2) is 0 Å². The van der Waals surface area contributed by atoms with Crippen LogP contribution in [0.25, 0.3) is 0 Å². The van der Waals surface area contributed by atoms with Gasteiger partial charge < -0.3 is 10.6 Å². The largest absolute Gasteiger partial charge is 0.369 e. The van der Waals surface area contributed by atoms with Gasteiger partial charge in [-0.1, -0.05) is 13.0 Å². The average molecular weight is 235 g/mol. The molecule has 1 aromatic carbocycles. The van der Waals surface area contributed by atoms with Gasteiger partial charge in [0.2, 0.25) is 0 Å². The minimum absolute atomic E-state index is 0.148. The Kier molecular flexibility index (Phi) is 3.02. The van der Waals surface area contributed by atoms with E-state index in [0.29, 0.717) is 11.5 Å². The Bertz CT molecular complexity index is 437. The highest BCUT2D eigenvalue weighted by Crippen LogP contribution is 2.28. The van der Waals surface area contributed by atoms with Gasteiger partial charge in [-0.3, -0.25) is 10.1 Å². The summed E-state index contributed by atoms with van der Waals surface area (Å²) < 4.78 is 0. The summed E-state index contributed by atoms with van der Waals surface area (Å²) in [6, 6.07) is 5.50. The molecule has 2 rings (SSSR count). The molecule has 2 N–H and O–H groups in total. The van der Waals surface area contributed by atoms with Crippen LogP contribution in [0.2, 0.25) is 0 Å². The monoisotopic (exact) mass is 235 g/mol. The summed E-state index contributed by atoms with van der Waals surface area (Å²) in [7, 11) is 0. The van der Waals surface area contributed by atoms with E-state index >= 15 is 0 Å². The van der Waals surface area contributed by atoms with Crippen molar-refractivity contribution >= 4 is 11.4 Å². The van der Waals surface area contributed by atoms with Gasteiger partial charge in [-0.2, -0.15) is 0 Å². The molecule has 1 fully saturated rings. The summed E-state index contributed by atoms with van der Waals surface area (Å²) in [5.74, 6) is 0.426. The number of nitrogens with zero attached hydrogens (tertiary/aromatic N) is 2. The third kappa shape index (κ3) is 2.24. The molecule has 1 heterocycles. The van der Waals surface area contributed by atoms with E-state index in [1.54, 1.807) is 19.1 Å². The van der Waals surface area contributed by atoms with Crippen LogP contribution >= 0.6 is 0 Å². The van der Waals surface area contributed by atoms with Crippen molar-refractivity contribution in [2.45, 2.75) is 19.9 Å². The molecule has 1 aliphatic heterocycles. The molecule has 5 nitrogen and oxygen atoms in total. The van der Waals surface area contributed by atoms with E-state index in [9.17, 15) is 10.1 Å². The quantitative estimate of drug-likeness (QED) is 0.625. The smallest absolute Gasteiger partial charge is 0.274 e. The number of nitro benzene ring substituents is 1. The molecule has 2 unspecified atom stereocenters. The topological polar surface area (TPSA) is 72.4 Å². The van der Waals surface area contributed by atoms with Crippen molar-refractivity contribution in [1.82, 2.24) is 0 Å².